The van der Waals surface area contributed by atoms with Gasteiger partial charge in [0.25, 0.3) is 0 Å². The summed E-state index contributed by atoms with van der Waals surface area (Å²) in [7, 11) is 0. The molecule has 0 saturated carbocycles. The Morgan fingerprint density at radius 1 is 1.21 bits per heavy atom. The number of hydrogen-bond acceptors (Lipinski definition) is 6. The molecule has 2 fully saturated rings. The molecule has 0 spiro atoms. The minimum atomic E-state index is -2.04. The largest absolute Gasteiger partial charge is 0.448 e. The second-order valence-corrected chi connectivity index (χ2v) is 6.17. The van der Waals surface area contributed by atoms with Crippen molar-refractivity contribution < 1.29 is 13.9 Å². The predicted molar refractivity (Wildman–Crippen MR) is 78.3 cm³/mol. The molecule has 1 aromatic carbocycles. The maximum Gasteiger partial charge on any atom is 0.214 e. The van der Waals surface area contributed by atoms with Crippen molar-refractivity contribution in [1.82, 2.24) is 0 Å². The summed E-state index contributed by atoms with van der Waals surface area (Å²) in [6, 6.07) is 11.1. The van der Waals surface area contributed by atoms with Gasteiger partial charge in [-0.05, 0) is 17.7 Å². The normalized spacial score (nSPS) is 36.1. The van der Waals surface area contributed by atoms with E-state index in [2.05, 4.69) is 0 Å². The Hall–Kier alpha value is -2.95. The Morgan fingerprint density at radius 2 is 1.88 bits per heavy atom. The first-order valence-corrected chi connectivity index (χ1v) is 7.26. The Balaban J connectivity index is 2.34. The first-order valence-electron chi connectivity index (χ1n) is 7.26. The first kappa shape index (κ1) is 15.9. The van der Waals surface area contributed by atoms with Crippen LogP contribution in [0.2, 0.25) is 0 Å². The molecule has 6 nitrogen and oxygen atoms in total. The molecule has 7 heteroatoms. The zero-order valence-corrected chi connectivity index (χ0v) is 13.0. The van der Waals surface area contributed by atoms with Crippen LogP contribution in [0.3, 0.4) is 0 Å². The lowest BCUT2D eigenvalue weighted by Gasteiger charge is -2.47. The summed E-state index contributed by atoms with van der Waals surface area (Å²) < 4.78 is 25.0. The third kappa shape index (κ3) is 1.56. The molecule has 0 amide bonds. The number of rotatable bonds is 1. The van der Waals surface area contributed by atoms with Gasteiger partial charge in [0.15, 0.2) is 5.41 Å². The van der Waals surface area contributed by atoms with Gasteiger partial charge in [-0.15, -0.1) is 0 Å². The summed E-state index contributed by atoms with van der Waals surface area (Å²) in [4.78, 5) is 0. The third-order valence-electron chi connectivity index (χ3n) is 5.15. The maximum absolute atomic E-state index is 13.7. The molecule has 24 heavy (non-hydrogen) atoms. The van der Waals surface area contributed by atoms with Crippen LogP contribution in [0.4, 0.5) is 4.39 Å². The van der Waals surface area contributed by atoms with Crippen LogP contribution >= 0.6 is 0 Å². The van der Waals surface area contributed by atoms with Crippen LogP contribution in [0.15, 0.2) is 24.3 Å². The van der Waals surface area contributed by atoms with Crippen molar-refractivity contribution in [2.75, 3.05) is 0 Å². The second kappa shape index (κ2) is 4.77. The summed E-state index contributed by atoms with van der Waals surface area (Å²) in [5.41, 5.74) is -3.60. The quantitative estimate of drug-likeness (QED) is 0.853. The lowest BCUT2D eigenvalue weighted by Crippen LogP contribution is -2.57. The van der Waals surface area contributed by atoms with Crippen LogP contribution in [0.1, 0.15) is 25.5 Å². The van der Waals surface area contributed by atoms with Crippen LogP contribution in [-0.4, -0.2) is 11.7 Å². The molecule has 1 aromatic rings. The van der Waals surface area contributed by atoms with Crippen molar-refractivity contribution in [3.05, 3.63) is 35.6 Å². The monoisotopic (exact) mass is 324 g/mol. The van der Waals surface area contributed by atoms with E-state index < -0.39 is 40.4 Å². The van der Waals surface area contributed by atoms with Crippen molar-refractivity contribution >= 4 is 5.90 Å². The second-order valence-electron chi connectivity index (χ2n) is 6.17. The molecule has 0 aliphatic carbocycles. The summed E-state index contributed by atoms with van der Waals surface area (Å²) in [5, 5.41) is 37.6. The molecule has 4 atom stereocenters. The average Bonchev–Trinajstić information content (AvgIpc) is 2.70. The van der Waals surface area contributed by atoms with Gasteiger partial charge in [0, 0.05) is 6.92 Å². The number of hydrogen-bond donors (Lipinski definition) is 1. The van der Waals surface area contributed by atoms with Crippen molar-refractivity contribution in [2.24, 2.45) is 16.7 Å². The molecule has 2 aliphatic rings. The van der Waals surface area contributed by atoms with Crippen LogP contribution in [0, 0.1) is 62.0 Å². The highest BCUT2D eigenvalue weighted by molar-refractivity contribution is 5.89. The number of fused-ring (bicyclic) bond motifs is 2. The van der Waals surface area contributed by atoms with Crippen molar-refractivity contribution in [1.29, 1.82) is 21.2 Å². The fourth-order valence-corrected chi connectivity index (χ4v) is 3.68. The molecule has 2 bridgehead atoms. The Bertz CT molecular complexity index is 851. The molecule has 3 rings (SSSR count). The molecule has 2 saturated heterocycles. The molecule has 0 unspecified atom stereocenters. The molecule has 2 heterocycles. The van der Waals surface area contributed by atoms with E-state index in [1.54, 1.807) is 13.8 Å². The molecular weight excluding hydrogens is 311 g/mol. The van der Waals surface area contributed by atoms with Crippen LogP contribution in [0.25, 0.3) is 0 Å². The third-order valence-corrected chi connectivity index (χ3v) is 5.15. The number of nitrogens with zero attached hydrogens (tertiary/aromatic N) is 3. The highest BCUT2D eigenvalue weighted by atomic mass is 19.1. The molecular formula is C17H13FN4O2. The lowest BCUT2D eigenvalue weighted by atomic mass is 9.54. The van der Waals surface area contributed by atoms with E-state index in [-0.39, 0.29) is 5.56 Å². The standard InChI is InChI=1S/C17H13FN4O2/c1-10-15(2)23-13(11-4-3-5-12(18)6-11)16(7-19,8-20)17(10,9-21)14(22)24-15/h3-6,10,13,22H,1-2H3/t10-,13-,15-,17-/m0/s1. The minimum absolute atomic E-state index is 0.245. The molecule has 120 valence electrons. The van der Waals surface area contributed by atoms with Gasteiger partial charge in [-0.2, -0.15) is 15.8 Å². The van der Waals surface area contributed by atoms with E-state index >= 15 is 0 Å². The Kier molecular flexibility index (Phi) is 3.17. The van der Waals surface area contributed by atoms with E-state index in [0.29, 0.717) is 0 Å². The Labute approximate surface area is 138 Å². The van der Waals surface area contributed by atoms with E-state index in [0.717, 1.165) is 6.07 Å². The van der Waals surface area contributed by atoms with Gasteiger partial charge in [0.05, 0.1) is 24.1 Å². The summed E-state index contributed by atoms with van der Waals surface area (Å²) in [6.45, 7) is 3.16. The number of benzene rings is 1. The van der Waals surface area contributed by atoms with Gasteiger partial charge < -0.3 is 9.47 Å². The van der Waals surface area contributed by atoms with Gasteiger partial charge in [-0.1, -0.05) is 19.1 Å². The van der Waals surface area contributed by atoms with Gasteiger partial charge >= 0.3 is 0 Å². The fraction of sp³-hybridized carbons (Fsp3) is 0.412. The zero-order valence-electron chi connectivity index (χ0n) is 13.0. The highest BCUT2D eigenvalue weighted by Crippen LogP contribution is 2.66. The molecule has 0 radical (unpaired) electrons. The topological polar surface area (TPSA) is 114 Å². The van der Waals surface area contributed by atoms with Crippen LogP contribution in [-0.2, 0) is 9.47 Å². The zero-order chi connectivity index (χ0) is 17.8. The Morgan fingerprint density at radius 3 is 2.42 bits per heavy atom. The molecule has 1 N–H and O–H groups in total. The molecule has 0 aromatic heterocycles. The number of halogens is 1. The van der Waals surface area contributed by atoms with Gasteiger partial charge in [-0.3, -0.25) is 5.41 Å². The summed E-state index contributed by atoms with van der Waals surface area (Å²) in [5.74, 6) is -3.12. The smallest absolute Gasteiger partial charge is 0.214 e. The van der Waals surface area contributed by atoms with E-state index in [1.807, 2.05) is 18.2 Å². The van der Waals surface area contributed by atoms with Crippen molar-refractivity contribution in [3.63, 3.8) is 0 Å². The van der Waals surface area contributed by atoms with E-state index in [9.17, 15) is 20.2 Å². The molecule has 2 aliphatic heterocycles. The van der Waals surface area contributed by atoms with Crippen molar-refractivity contribution in [3.8, 4) is 18.2 Å². The summed E-state index contributed by atoms with van der Waals surface area (Å²) in [6.07, 6.45) is -1.23. The maximum atomic E-state index is 13.7. The predicted octanol–water partition coefficient (Wildman–Crippen LogP) is 2.80. The minimum Gasteiger partial charge on any atom is -0.448 e. The number of nitrogens with one attached hydrogen (secondary N) is 1. The van der Waals surface area contributed by atoms with E-state index in [1.165, 1.54) is 18.2 Å². The van der Waals surface area contributed by atoms with Gasteiger partial charge in [0.1, 0.15) is 11.9 Å². The average molecular weight is 324 g/mol. The number of ether oxygens (including phenoxy) is 2. The SMILES string of the molecule is C[C@H]1[C@]2(C)OC(=N)[C@@]1(C#N)C(C#N)(C#N)[C@H](c1cccc(F)c1)O2. The summed E-state index contributed by atoms with van der Waals surface area (Å²) >= 11 is 0. The fourth-order valence-electron chi connectivity index (χ4n) is 3.68. The van der Waals surface area contributed by atoms with Gasteiger partial charge in [-0.25, -0.2) is 4.39 Å². The first-order chi connectivity index (χ1) is 11.3. The van der Waals surface area contributed by atoms with Gasteiger partial charge in [0.2, 0.25) is 17.1 Å². The lowest BCUT2D eigenvalue weighted by molar-refractivity contribution is -0.268. The van der Waals surface area contributed by atoms with Crippen LogP contribution < -0.4 is 0 Å². The van der Waals surface area contributed by atoms with Crippen molar-refractivity contribution in [2.45, 2.75) is 25.7 Å². The van der Waals surface area contributed by atoms with Crippen LogP contribution in [0.5, 0.6) is 0 Å². The number of nitriles is 3. The van der Waals surface area contributed by atoms with E-state index in [4.69, 9.17) is 14.9 Å². The highest BCUT2D eigenvalue weighted by Gasteiger charge is 2.78.